The Kier molecular flexibility index (Phi) is 5.55. The van der Waals surface area contributed by atoms with E-state index in [1.807, 2.05) is 0 Å². The van der Waals surface area contributed by atoms with Crippen molar-refractivity contribution in [2.45, 2.75) is 31.8 Å². The fourth-order valence-electron chi connectivity index (χ4n) is 3.60. The Morgan fingerprint density at radius 3 is 2.07 bits per heavy atom. The lowest BCUT2D eigenvalue weighted by atomic mass is 9.84. The van der Waals surface area contributed by atoms with Gasteiger partial charge in [-0.25, -0.2) is 0 Å². The molecule has 2 heteroatoms. The third-order valence-electron chi connectivity index (χ3n) is 5.03. The molecule has 4 rings (SSSR count). The maximum absolute atomic E-state index is 6.03. The minimum absolute atomic E-state index is 0.226. The Balaban J connectivity index is 1.71. The van der Waals surface area contributed by atoms with Gasteiger partial charge < -0.3 is 9.47 Å². The highest BCUT2D eigenvalue weighted by molar-refractivity contribution is 5.47. The van der Waals surface area contributed by atoms with E-state index in [2.05, 4.69) is 85.8 Å². The second-order valence-corrected chi connectivity index (χ2v) is 7.14. The zero-order chi connectivity index (χ0) is 18.5. The number of ether oxygens (including phenoxy) is 2. The Morgan fingerprint density at radius 1 is 0.889 bits per heavy atom. The van der Waals surface area contributed by atoms with Gasteiger partial charge in [0, 0.05) is 5.92 Å². The third kappa shape index (κ3) is 4.40. The zero-order valence-corrected chi connectivity index (χ0v) is 15.8. The third-order valence-corrected chi connectivity index (χ3v) is 5.03. The van der Waals surface area contributed by atoms with Gasteiger partial charge in [-0.05, 0) is 34.7 Å². The van der Waals surface area contributed by atoms with Gasteiger partial charge in [0.2, 0.25) is 0 Å². The van der Waals surface area contributed by atoms with Crippen LogP contribution in [0.1, 0.15) is 41.5 Å². The maximum atomic E-state index is 6.03. The number of hydrogen-bond donors (Lipinski definition) is 0. The molecule has 0 aromatic heterocycles. The molecular formula is C25H26O2. The molecule has 0 radical (unpaired) electrons. The van der Waals surface area contributed by atoms with Crippen LogP contribution in [0.15, 0.2) is 78.9 Å². The summed E-state index contributed by atoms with van der Waals surface area (Å²) >= 11 is 0. The van der Waals surface area contributed by atoms with E-state index in [4.69, 9.17) is 9.47 Å². The summed E-state index contributed by atoms with van der Waals surface area (Å²) < 4.78 is 11.3. The number of hydrogen-bond acceptors (Lipinski definition) is 2. The number of epoxide rings is 1. The van der Waals surface area contributed by atoms with Crippen LogP contribution in [0.25, 0.3) is 0 Å². The molecule has 1 fully saturated rings. The van der Waals surface area contributed by atoms with Crippen LogP contribution < -0.4 is 4.74 Å². The first kappa shape index (κ1) is 17.8. The first-order valence-electron chi connectivity index (χ1n) is 9.82. The van der Waals surface area contributed by atoms with Crippen LogP contribution >= 0.6 is 0 Å². The van der Waals surface area contributed by atoms with Crippen LogP contribution in [0.2, 0.25) is 0 Å². The van der Waals surface area contributed by atoms with Gasteiger partial charge in [-0.1, -0.05) is 86.1 Å². The van der Waals surface area contributed by atoms with E-state index in [1.165, 1.54) is 22.3 Å². The number of rotatable bonds is 8. The second-order valence-electron chi connectivity index (χ2n) is 7.14. The molecule has 1 aliphatic rings. The van der Waals surface area contributed by atoms with Crippen molar-refractivity contribution in [3.8, 4) is 5.75 Å². The summed E-state index contributed by atoms with van der Waals surface area (Å²) in [7, 11) is 0. The average Bonchev–Trinajstić information content (AvgIpc) is 3.54. The first-order chi connectivity index (χ1) is 13.3. The predicted molar refractivity (Wildman–Crippen MR) is 110 cm³/mol. The fraction of sp³-hybridized carbons (Fsp3) is 0.280. The lowest BCUT2D eigenvalue weighted by Crippen LogP contribution is -2.08. The first-order valence-corrected chi connectivity index (χ1v) is 9.82. The highest BCUT2D eigenvalue weighted by Gasteiger charge is 2.24. The molecule has 1 aliphatic heterocycles. The molecule has 0 N–H and O–H groups in total. The van der Waals surface area contributed by atoms with Crippen LogP contribution in [-0.2, 0) is 11.2 Å². The summed E-state index contributed by atoms with van der Waals surface area (Å²) in [6, 6.07) is 28.2. The van der Waals surface area contributed by atoms with Crippen LogP contribution in [0.3, 0.4) is 0 Å². The van der Waals surface area contributed by atoms with Crippen molar-refractivity contribution >= 4 is 0 Å². The van der Waals surface area contributed by atoms with Gasteiger partial charge in [-0.15, -0.1) is 0 Å². The molecule has 0 bridgehead atoms. The molecule has 3 aromatic rings. The number of benzene rings is 3. The van der Waals surface area contributed by atoms with Crippen molar-refractivity contribution in [2.24, 2.45) is 0 Å². The molecule has 27 heavy (non-hydrogen) atoms. The summed E-state index contributed by atoms with van der Waals surface area (Å²) in [5.41, 5.74) is 5.22. The highest BCUT2D eigenvalue weighted by atomic mass is 16.6. The minimum Gasteiger partial charge on any atom is -0.491 e. The van der Waals surface area contributed by atoms with Crippen LogP contribution in [-0.4, -0.2) is 19.3 Å². The molecule has 2 nitrogen and oxygen atoms in total. The lowest BCUT2D eigenvalue weighted by molar-refractivity contribution is 0.261. The summed E-state index contributed by atoms with van der Waals surface area (Å²) in [4.78, 5) is 0. The molecule has 0 spiro atoms. The Labute approximate surface area is 161 Å². The topological polar surface area (TPSA) is 21.8 Å². The average molecular weight is 358 g/mol. The maximum Gasteiger partial charge on any atom is 0.122 e. The molecule has 1 unspecified atom stereocenters. The van der Waals surface area contributed by atoms with Crippen molar-refractivity contribution in [3.63, 3.8) is 0 Å². The van der Waals surface area contributed by atoms with Gasteiger partial charge >= 0.3 is 0 Å². The Hall–Kier alpha value is -2.58. The molecule has 138 valence electrons. The SMILES string of the molecule is CCCc1cc(C(c2ccccc2)c2ccccc2)ccc1OCC1CO1. The van der Waals surface area contributed by atoms with E-state index in [-0.39, 0.29) is 12.0 Å². The molecule has 0 saturated carbocycles. The van der Waals surface area contributed by atoms with Gasteiger partial charge in [0.05, 0.1) is 6.61 Å². The summed E-state index contributed by atoms with van der Waals surface area (Å²) in [5.74, 6) is 1.22. The molecular weight excluding hydrogens is 332 g/mol. The van der Waals surface area contributed by atoms with Gasteiger partial charge in [-0.3, -0.25) is 0 Å². The number of aryl methyl sites for hydroxylation is 1. The quantitative estimate of drug-likeness (QED) is 0.386. The lowest BCUT2D eigenvalue weighted by Gasteiger charge is -2.21. The fourth-order valence-corrected chi connectivity index (χ4v) is 3.60. The summed E-state index contributed by atoms with van der Waals surface area (Å²) in [6.07, 6.45) is 2.40. The standard InChI is InChI=1S/C25H26O2/c1-2-9-21-16-22(14-15-24(21)27-18-23-17-26-23)25(19-10-5-3-6-11-19)20-12-7-4-8-13-20/h3-8,10-16,23,25H,2,9,17-18H2,1H3. The summed E-state index contributed by atoms with van der Waals surface area (Å²) in [5, 5.41) is 0. The normalized spacial score (nSPS) is 15.7. The van der Waals surface area contributed by atoms with E-state index >= 15 is 0 Å². The highest BCUT2D eigenvalue weighted by Crippen LogP contribution is 2.34. The van der Waals surface area contributed by atoms with Gasteiger partial charge in [0.25, 0.3) is 0 Å². The molecule has 3 aromatic carbocycles. The van der Waals surface area contributed by atoms with E-state index in [1.54, 1.807) is 0 Å². The van der Waals surface area contributed by atoms with Crippen LogP contribution in [0.5, 0.6) is 5.75 Å². The van der Waals surface area contributed by atoms with Gasteiger partial charge in [0.1, 0.15) is 18.5 Å². The predicted octanol–water partition coefficient (Wildman–Crippen LogP) is 5.60. The van der Waals surface area contributed by atoms with Crippen LogP contribution in [0.4, 0.5) is 0 Å². The van der Waals surface area contributed by atoms with E-state index in [0.29, 0.717) is 6.61 Å². The molecule has 1 saturated heterocycles. The van der Waals surface area contributed by atoms with Gasteiger partial charge in [0.15, 0.2) is 0 Å². The van der Waals surface area contributed by atoms with Crippen molar-refractivity contribution in [1.29, 1.82) is 0 Å². The van der Waals surface area contributed by atoms with Crippen molar-refractivity contribution in [3.05, 3.63) is 101 Å². The molecule has 1 heterocycles. The Morgan fingerprint density at radius 2 is 1.52 bits per heavy atom. The summed E-state index contributed by atoms with van der Waals surface area (Å²) in [6.45, 7) is 3.69. The minimum atomic E-state index is 0.226. The molecule has 1 atom stereocenters. The van der Waals surface area contributed by atoms with Crippen molar-refractivity contribution in [2.75, 3.05) is 13.2 Å². The Bertz CT molecular complexity index is 815. The largest absolute Gasteiger partial charge is 0.491 e. The van der Waals surface area contributed by atoms with Crippen molar-refractivity contribution < 1.29 is 9.47 Å². The monoisotopic (exact) mass is 358 g/mol. The van der Waals surface area contributed by atoms with E-state index in [0.717, 1.165) is 25.2 Å². The van der Waals surface area contributed by atoms with Gasteiger partial charge in [-0.2, -0.15) is 0 Å². The zero-order valence-electron chi connectivity index (χ0n) is 15.8. The van der Waals surface area contributed by atoms with E-state index < -0.39 is 0 Å². The molecule has 0 aliphatic carbocycles. The van der Waals surface area contributed by atoms with E-state index in [9.17, 15) is 0 Å². The second kappa shape index (κ2) is 8.41. The molecule has 0 amide bonds. The smallest absolute Gasteiger partial charge is 0.122 e. The van der Waals surface area contributed by atoms with Crippen molar-refractivity contribution in [1.82, 2.24) is 0 Å². The van der Waals surface area contributed by atoms with Crippen LogP contribution in [0, 0.1) is 0 Å².